The van der Waals surface area contributed by atoms with Crippen LogP contribution in [-0.4, -0.2) is 51.5 Å². The van der Waals surface area contributed by atoms with E-state index < -0.39 is 0 Å². The van der Waals surface area contributed by atoms with Gasteiger partial charge in [0.25, 0.3) is 0 Å². The first-order chi connectivity index (χ1) is 7.72. The zero-order chi connectivity index (χ0) is 11.8. The Labute approximate surface area is 96.9 Å². The van der Waals surface area contributed by atoms with Crippen molar-refractivity contribution in [1.82, 2.24) is 10.6 Å². The standard InChI is InChI=1S/C11H22N2O3/c1-9(15-2)7-12-8-11(14)13-10-3-5-16-6-4-10/h9-10,12H,3-8H2,1-2H3,(H,13,14). The molecule has 1 rings (SSSR count). The molecule has 1 amide bonds. The summed E-state index contributed by atoms with van der Waals surface area (Å²) in [5, 5.41) is 6.05. The number of carbonyl (C=O) groups is 1. The molecule has 94 valence electrons. The molecule has 1 saturated heterocycles. The number of hydrogen-bond acceptors (Lipinski definition) is 4. The van der Waals surface area contributed by atoms with E-state index in [0.29, 0.717) is 13.1 Å². The lowest BCUT2D eigenvalue weighted by atomic mass is 10.1. The minimum absolute atomic E-state index is 0.0511. The zero-order valence-corrected chi connectivity index (χ0v) is 10.1. The molecule has 1 atom stereocenters. The first-order valence-electron chi connectivity index (χ1n) is 5.83. The minimum Gasteiger partial charge on any atom is -0.381 e. The van der Waals surface area contributed by atoms with E-state index >= 15 is 0 Å². The van der Waals surface area contributed by atoms with Crippen molar-refractivity contribution in [3.63, 3.8) is 0 Å². The van der Waals surface area contributed by atoms with Crippen molar-refractivity contribution in [3.05, 3.63) is 0 Å². The third-order valence-electron chi connectivity index (χ3n) is 2.71. The molecule has 0 bridgehead atoms. The van der Waals surface area contributed by atoms with Gasteiger partial charge in [0, 0.05) is 32.9 Å². The largest absolute Gasteiger partial charge is 0.381 e. The van der Waals surface area contributed by atoms with Gasteiger partial charge in [-0.1, -0.05) is 0 Å². The molecule has 1 aliphatic rings. The summed E-state index contributed by atoms with van der Waals surface area (Å²) in [7, 11) is 1.66. The number of amides is 1. The highest BCUT2D eigenvalue weighted by atomic mass is 16.5. The molecule has 1 aliphatic heterocycles. The monoisotopic (exact) mass is 230 g/mol. The normalized spacial score (nSPS) is 19.4. The lowest BCUT2D eigenvalue weighted by Crippen LogP contribution is -2.44. The topological polar surface area (TPSA) is 59.6 Å². The fraction of sp³-hybridized carbons (Fsp3) is 0.909. The Hall–Kier alpha value is -0.650. The number of rotatable bonds is 6. The van der Waals surface area contributed by atoms with E-state index in [0.717, 1.165) is 26.1 Å². The Morgan fingerprint density at radius 3 is 2.81 bits per heavy atom. The van der Waals surface area contributed by atoms with Gasteiger partial charge in [0.1, 0.15) is 0 Å². The second-order valence-corrected chi connectivity index (χ2v) is 4.13. The molecule has 0 spiro atoms. The van der Waals surface area contributed by atoms with Crippen LogP contribution < -0.4 is 10.6 Å². The van der Waals surface area contributed by atoms with Crippen LogP contribution in [0.15, 0.2) is 0 Å². The van der Waals surface area contributed by atoms with Crippen LogP contribution in [0.5, 0.6) is 0 Å². The molecule has 0 aliphatic carbocycles. The number of carbonyl (C=O) groups excluding carboxylic acids is 1. The first kappa shape index (κ1) is 13.4. The van der Waals surface area contributed by atoms with Crippen molar-refractivity contribution >= 4 is 5.91 Å². The minimum atomic E-state index is 0.0511. The highest BCUT2D eigenvalue weighted by Gasteiger charge is 2.15. The summed E-state index contributed by atoms with van der Waals surface area (Å²) in [5.41, 5.74) is 0. The summed E-state index contributed by atoms with van der Waals surface area (Å²) < 4.78 is 10.3. The number of nitrogens with one attached hydrogen (secondary N) is 2. The van der Waals surface area contributed by atoms with Gasteiger partial charge in [0.15, 0.2) is 0 Å². The third-order valence-corrected chi connectivity index (χ3v) is 2.71. The molecule has 0 saturated carbocycles. The second kappa shape index (κ2) is 7.60. The average molecular weight is 230 g/mol. The van der Waals surface area contributed by atoms with Crippen molar-refractivity contribution in [2.75, 3.05) is 33.4 Å². The third kappa shape index (κ3) is 5.44. The van der Waals surface area contributed by atoms with E-state index in [4.69, 9.17) is 9.47 Å². The van der Waals surface area contributed by atoms with E-state index in [-0.39, 0.29) is 18.1 Å². The van der Waals surface area contributed by atoms with Crippen LogP contribution in [-0.2, 0) is 14.3 Å². The molecule has 0 aromatic heterocycles. The van der Waals surface area contributed by atoms with Crippen molar-refractivity contribution < 1.29 is 14.3 Å². The maximum atomic E-state index is 11.5. The Morgan fingerprint density at radius 2 is 2.19 bits per heavy atom. The molecule has 0 radical (unpaired) electrons. The van der Waals surface area contributed by atoms with Crippen LogP contribution in [0.25, 0.3) is 0 Å². The maximum Gasteiger partial charge on any atom is 0.234 e. The van der Waals surface area contributed by atoms with E-state index in [9.17, 15) is 4.79 Å². The maximum absolute atomic E-state index is 11.5. The molecule has 16 heavy (non-hydrogen) atoms. The summed E-state index contributed by atoms with van der Waals surface area (Å²) in [6.07, 6.45) is 1.97. The average Bonchev–Trinajstić information content (AvgIpc) is 2.30. The molecule has 0 aromatic rings. The first-order valence-corrected chi connectivity index (χ1v) is 5.83. The van der Waals surface area contributed by atoms with E-state index in [1.54, 1.807) is 7.11 Å². The van der Waals surface area contributed by atoms with E-state index in [2.05, 4.69) is 10.6 Å². The molecule has 1 heterocycles. The highest BCUT2D eigenvalue weighted by molar-refractivity contribution is 5.78. The van der Waals surface area contributed by atoms with Gasteiger partial charge in [-0.05, 0) is 19.8 Å². The number of hydrogen-bond donors (Lipinski definition) is 2. The summed E-state index contributed by atoms with van der Waals surface area (Å²) in [5.74, 6) is 0.0511. The Balaban J connectivity index is 2.05. The van der Waals surface area contributed by atoms with Crippen molar-refractivity contribution in [3.8, 4) is 0 Å². The quantitative estimate of drug-likeness (QED) is 0.669. The van der Waals surface area contributed by atoms with Gasteiger partial charge < -0.3 is 20.1 Å². The van der Waals surface area contributed by atoms with Crippen LogP contribution in [0.4, 0.5) is 0 Å². The van der Waals surface area contributed by atoms with Gasteiger partial charge in [-0.3, -0.25) is 4.79 Å². The van der Waals surface area contributed by atoms with E-state index in [1.807, 2.05) is 6.92 Å². The van der Waals surface area contributed by atoms with Gasteiger partial charge in [0.2, 0.25) is 5.91 Å². The number of methoxy groups -OCH3 is 1. The predicted molar refractivity (Wildman–Crippen MR) is 61.3 cm³/mol. The van der Waals surface area contributed by atoms with Crippen LogP contribution in [0.3, 0.4) is 0 Å². The Bertz CT molecular complexity index is 205. The summed E-state index contributed by atoms with van der Waals surface area (Å²) in [6, 6.07) is 0.280. The van der Waals surface area contributed by atoms with Gasteiger partial charge in [-0.25, -0.2) is 0 Å². The van der Waals surface area contributed by atoms with Crippen molar-refractivity contribution in [2.45, 2.75) is 31.9 Å². The molecule has 5 heteroatoms. The molecule has 1 unspecified atom stereocenters. The smallest absolute Gasteiger partial charge is 0.234 e. The zero-order valence-electron chi connectivity index (χ0n) is 10.1. The second-order valence-electron chi connectivity index (χ2n) is 4.13. The van der Waals surface area contributed by atoms with Crippen molar-refractivity contribution in [1.29, 1.82) is 0 Å². The summed E-state index contributed by atoms with van der Waals surface area (Å²) in [6.45, 7) is 4.50. The molecule has 5 nitrogen and oxygen atoms in total. The molecule has 1 fully saturated rings. The van der Waals surface area contributed by atoms with Gasteiger partial charge in [-0.2, -0.15) is 0 Å². The molecular weight excluding hydrogens is 208 g/mol. The van der Waals surface area contributed by atoms with Crippen molar-refractivity contribution in [2.24, 2.45) is 0 Å². The van der Waals surface area contributed by atoms with E-state index in [1.165, 1.54) is 0 Å². The highest BCUT2D eigenvalue weighted by Crippen LogP contribution is 2.05. The fourth-order valence-corrected chi connectivity index (χ4v) is 1.59. The van der Waals surface area contributed by atoms with Gasteiger partial charge >= 0.3 is 0 Å². The molecule has 2 N–H and O–H groups in total. The van der Waals surface area contributed by atoms with Gasteiger partial charge in [0.05, 0.1) is 12.6 Å². The molecular formula is C11H22N2O3. The fourth-order valence-electron chi connectivity index (χ4n) is 1.59. The predicted octanol–water partition coefficient (Wildman–Crippen LogP) is -0.0939. The lowest BCUT2D eigenvalue weighted by molar-refractivity contribution is -0.121. The Kier molecular flexibility index (Phi) is 6.37. The van der Waals surface area contributed by atoms with Gasteiger partial charge in [-0.15, -0.1) is 0 Å². The van der Waals surface area contributed by atoms with Crippen LogP contribution in [0.1, 0.15) is 19.8 Å². The van der Waals surface area contributed by atoms with Crippen LogP contribution in [0.2, 0.25) is 0 Å². The summed E-state index contributed by atoms with van der Waals surface area (Å²) >= 11 is 0. The van der Waals surface area contributed by atoms with Crippen LogP contribution >= 0.6 is 0 Å². The number of ether oxygens (including phenoxy) is 2. The summed E-state index contributed by atoms with van der Waals surface area (Å²) in [4.78, 5) is 11.5. The Morgan fingerprint density at radius 1 is 1.50 bits per heavy atom. The molecule has 0 aromatic carbocycles. The lowest BCUT2D eigenvalue weighted by Gasteiger charge is -2.23. The SMILES string of the molecule is COC(C)CNCC(=O)NC1CCOCC1. The van der Waals surface area contributed by atoms with Crippen LogP contribution in [0, 0.1) is 0 Å².